The van der Waals surface area contributed by atoms with E-state index in [1.54, 1.807) is 12.1 Å². The van der Waals surface area contributed by atoms with Crippen LogP contribution in [0, 0.1) is 0 Å². The molecule has 3 rings (SSSR count). The second kappa shape index (κ2) is 5.16. The van der Waals surface area contributed by atoms with Crippen molar-refractivity contribution in [3.05, 3.63) is 48.2 Å². The summed E-state index contributed by atoms with van der Waals surface area (Å²) in [6.45, 7) is 0. The van der Waals surface area contributed by atoms with Crippen molar-refractivity contribution in [2.24, 2.45) is 0 Å². The number of H-pyrrole nitrogens is 1. The van der Waals surface area contributed by atoms with Crippen LogP contribution in [0.2, 0.25) is 0 Å². The van der Waals surface area contributed by atoms with E-state index in [-0.39, 0.29) is 11.7 Å². The molecule has 0 fully saturated rings. The molecule has 6 nitrogen and oxygen atoms in total. The molecule has 1 aromatic heterocycles. The molecular weight excluding hydrogens is 270 g/mol. The summed E-state index contributed by atoms with van der Waals surface area (Å²) >= 11 is 0. The number of ether oxygens (including phenoxy) is 1. The van der Waals surface area contributed by atoms with Crippen LogP contribution in [0.25, 0.3) is 10.9 Å². The van der Waals surface area contributed by atoms with E-state index in [4.69, 9.17) is 4.74 Å². The molecule has 0 aliphatic rings. The maximum Gasteiger partial charge on any atom is 0.276 e. The van der Waals surface area contributed by atoms with Crippen molar-refractivity contribution in [3.63, 3.8) is 0 Å². The Kier molecular flexibility index (Phi) is 3.19. The quantitative estimate of drug-likeness (QED) is 0.689. The molecular formula is C15H13N3O3. The molecule has 0 aliphatic heterocycles. The fraction of sp³-hybridized carbons (Fsp3) is 0.0667. The van der Waals surface area contributed by atoms with Crippen LogP contribution in [0.15, 0.2) is 42.5 Å². The molecule has 3 aromatic rings. The first kappa shape index (κ1) is 13.0. The van der Waals surface area contributed by atoms with Gasteiger partial charge in [-0.15, -0.1) is 0 Å². The lowest BCUT2D eigenvalue weighted by Gasteiger charge is -2.07. The third-order valence-electron chi connectivity index (χ3n) is 3.12. The first-order valence-electron chi connectivity index (χ1n) is 6.30. The number of hydrogen-bond acceptors (Lipinski definition) is 4. The van der Waals surface area contributed by atoms with Crippen LogP contribution in [0.1, 0.15) is 10.5 Å². The maximum atomic E-state index is 12.2. The molecule has 3 N–H and O–H groups in total. The van der Waals surface area contributed by atoms with E-state index in [9.17, 15) is 9.90 Å². The highest BCUT2D eigenvalue weighted by molar-refractivity contribution is 6.11. The molecule has 2 aromatic carbocycles. The van der Waals surface area contributed by atoms with E-state index in [1.165, 1.54) is 13.2 Å². The summed E-state index contributed by atoms with van der Waals surface area (Å²) in [5, 5.41) is 20.0. The zero-order valence-corrected chi connectivity index (χ0v) is 11.3. The molecule has 0 aliphatic carbocycles. The van der Waals surface area contributed by atoms with Crippen LogP contribution in [-0.2, 0) is 0 Å². The van der Waals surface area contributed by atoms with Crippen molar-refractivity contribution in [1.29, 1.82) is 0 Å². The van der Waals surface area contributed by atoms with Gasteiger partial charge in [0.15, 0.2) is 17.2 Å². The van der Waals surface area contributed by atoms with Crippen molar-refractivity contribution >= 4 is 22.5 Å². The Balaban J connectivity index is 1.88. The Bertz CT molecular complexity index is 811. The smallest absolute Gasteiger partial charge is 0.276 e. The normalized spacial score (nSPS) is 10.5. The maximum absolute atomic E-state index is 12.2. The fourth-order valence-electron chi connectivity index (χ4n) is 2.09. The first-order chi connectivity index (χ1) is 10.2. The van der Waals surface area contributed by atoms with Gasteiger partial charge in [0, 0.05) is 17.1 Å². The molecule has 0 spiro atoms. The summed E-state index contributed by atoms with van der Waals surface area (Å²) in [4.78, 5) is 12.2. The molecule has 1 amide bonds. The summed E-state index contributed by atoms with van der Waals surface area (Å²) in [7, 11) is 1.46. The number of amides is 1. The summed E-state index contributed by atoms with van der Waals surface area (Å²) in [6, 6.07) is 12.0. The van der Waals surface area contributed by atoms with Gasteiger partial charge in [0.1, 0.15) is 0 Å². The summed E-state index contributed by atoms with van der Waals surface area (Å²) in [5.74, 6) is -0.0441. The van der Waals surface area contributed by atoms with Crippen LogP contribution in [0.5, 0.6) is 11.5 Å². The number of benzene rings is 2. The number of carbonyl (C=O) groups is 1. The van der Waals surface area contributed by atoms with E-state index in [0.29, 0.717) is 17.1 Å². The minimum Gasteiger partial charge on any atom is -0.504 e. The molecule has 0 unspecified atom stereocenters. The molecule has 0 bridgehead atoms. The lowest BCUT2D eigenvalue weighted by Crippen LogP contribution is -2.12. The molecule has 0 saturated heterocycles. The third kappa shape index (κ3) is 2.38. The average Bonchev–Trinajstić information content (AvgIpc) is 2.91. The Hall–Kier alpha value is -3.02. The number of aromatic amines is 1. The fourth-order valence-corrected chi connectivity index (χ4v) is 2.09. The van der Waals surface area contributed by atoms with Crippen LogP contribution < -0.4 is 10.1 Å². The van der Waals surface area contributed by atoms with Gasteiger partial charge in [0.25, 0.3) is 5.91 Å². The Morgan fingerprint density at radius 1 is 1.29 bits per heavy atom. The molecule has 106 valence electrons. The van der Waals surface area contributed by atoms with Gasteiger partial charge in [-0.2, -0.15) is 5.10 Å². The number of fused-ring (bicyclic) bond motifs is 1. The van der Waals surface area contributed by atoms with Gasteiger partial charge in [-0.25, -0.2) is 0 Å². The van der Waals surface area contributed by atoms with Crippen LogP contribution in [0.4, 0.5) is 5.69 Å². The first-order valence-corrected chi connectivity index (χ1v) is 6.30. The van der Waals surface area contributed by atoms with Crippen molar-refractivity contribution in [2.75, 3.05) is 12.4 Å². The minimum absolute atomic E-state index is 0.0396. The van der Waals surface area contributed by atoms with Gasteiger partial charge in [0.2, 0.25) is 0 Å². The monoisotopic (exact) mass is 283 g/mol. The number of aromatic hydroxyl groups is 1. The van der Waals surface area contributed by atoms with Crippen molar-refractivity contribution in [2.45, 2.75) is 0 Å². The molecule has 21 heavy (non-hydrogen) atoms. The van der Waals surface area contributed by atoms with Gasteiger partial charge in [-0.1, -0.05) is 18.2 Å². The highest BCUT2D eigenvalue weighted by Crippen LogP contribution is 2.28. The van der Waals surface area contributed by atoms with Crippen molar-refractivity contribution < 1.29 is 14.6 Å². The number of phenolic OH excluding ortho intramolecular Hbond substituents is 1. The van der Waals surface area contributed by atoms with Crippen LogP contribution in [-0.4, -0.2) is 28.3 Å². The predicted octanol–water partition coefficient (Wildman–Crippen LogP) is 2.53. The highest BCUT2D eigenvalue weighted by Gasteiger charge is 2.14. The Labute approximate surface area is 120 Å². The number of aromatic nitrogens is 2. The Morgan fingerprint density at radius 3 is 2.86 bits per heavy atom. The van der Waals surface area contributed by atoms with Gasteiger partial charge in [-0.3, -0.25) is 9.89 Å². The number of nitrogens with one attached hydrogen (secondary N) is 2. The largest absolute Gasteiger partial charge is 0.504 e. The van der Waals surface area contributed by atoms with Crippen LogP contribution >= 0.6 is 0 Å². The highest BCUT2D eigenvalue weighted by atomic mass is 16.5. The topological polar surface area (TPSA) is 87.2 Å². The van der Waals surface area contributed by atoms with Gasteiger partial charge in [-0.05, 0) is 18.2 Å². The second-order valence-corrected chi connectivity index (χ2v) is 4.46. The molecule has 0 atom stereocenters. The number of anilines is 1. The van der Waals surface area contributed by atoms with Crippen molar-refractivity contribution in [1.82, 2.24) is 10.2 Å². The summed E-state index contributed by atoms with van der Waals surface area (Å²) in [5.41, 5.74) is 1.56. The minimum atomic E-state index is -0.350. The predicted molar refractivity (Wildman–Crippen MR) is 78.7 cm³/mol. The summed E-state index contributed by atoms with van der Waals surface area (Å²) < 4.78 is 4.95. The molecule has 0 saturated carbocycles. The number of phenols is 1. The lowest BCUT2D eigenvalue weighted by molar-refractivity contribution is 0.102. The van der Waals surface area contributed by atoms with Gasteiger partial charge < -0.3 is 15.2 Å². The number of rotatable bonds is 3. The van der Waals surface area contributed by atoms with E-state index in [2.05, 4.69) is 15.5 Å². The molecule has 1 heterocycles. The standard InChI is InChI=1S/C15H13N3O3/c1-21-13-7-6-9(8-12(13)19)16-15(20)14-10-4-2-3-5-11(10)17-18-14/h2-8,19H,1H3,(H,16,20)(H,17,18). The third-order valence-corrected chi connectivity index (χ3v) is 3.12. The molecule has 0 radical (unpaired) electrons. The SMILES string of the molecule is COc1ccc(NC(=O)c2n[nH]c3ccccc23)cc1O. The van der Waals surface area contributed by atoms with E-state index in [1.807, 2.05) is 24.3 Å². The van der Waals surface area contributed by atoms with Gasteiger partial charge in [0.05, 0.1) is 12.6 Å². The van der Waals surface area contributed by atoms with E-state index in [0.717, 1.165) is 10.9 Å². The van der Waals surface area contributed by atoms with Gasteiger partial charge >= 0.3 is 0 Å². The van der Waals surface area contributed by atoms with E-state index >= 15 is 0 Å². The summed E-state index contributed by atoms with van der Waals surface area (Å²) in [6.07, 6.45) is 0. The Morgan fingerprint density at radius 2 is 2.10 bits per heavy atom. The van der Waals surface area contributed by atoms with Crippen LogP contribution in [0.3, 0.4) is 0 Å². The molecule has 6 heteroatoms. The number of methoxy groups -OCH3 is 1. The lowest BCUT2D eigenvalue weighted by atomic mass is 10.2. The number of hydrogen-bond donors (Lipinski definition) is 3. The number of para-hydroxylation sites is 1. The second-order valence-electron chi connectivity index (χ2n) is 4.46. The van der Waals surface area contributed by atoms with Crippen molar-refractivity contribution in [3.8, 4) is 11.5 Å². The number of carbonyl (C=O) groups excluding carboxylic acids is 1. The zero-order valence-electron chi connectivity index (χ0n) is 11.3. The average molecular weight is 283 g/mol. The zero-order chi connectivity index (χ0) is 14.8. The number of nitrogens with zero attached hydrogens (tertiary/aromatic N) is 1. The van der Waals surface area contributed by atoms with E-state index < -0.39 is 0 Å².